The average molecular weight is 86.1 g/mol. The van der Waals surface area contributed by atoms with Gasteiger partial charge in [0, 0.05) is 11.6 Å². The third-order valence-electron chi connectivity index (χ3n) is 1.35. The van der Waals surface area contributed by atoms with Crippen molar-refractivity contribution >= 4 is 0 Å². The van der Waals surface area contributed by atoms with Gasteiger partial charge in [0.1, 0.15) is 0 Å². The van der Waals surface area contributed by atoms with Gasteiger partial charge >= 0.3 is 0 Å². The first-order valence-electron chi connectivity index (χ1n) is 2.17. The van der Waals surface area contributed by atoms with Gasteiger partial charge in [-0.25, -0.2) is 0 Å². The number of hydrogen-bond acceptors (Lipinski definition) is 2. The summed E-state index contributed by atoms with van der Waals surface area (Å²) in [6.07, 6.45) is 0.993. The summed E-state index contributed by atoms with van der Waals surface area (Å²) in [6, 6.07) is 0.275. The second kappa shape index (κ2) is 0.768. The zero-order valence-corrected chi connectivity index (χ0v) is 3.94. The van der Waals surface area contributed by atoms with E-state index in [4.69, 9.17) is 11.5 Å². The van der Waals surface area contributed by atoms with Crippen molar-refractivity contribution in [3.8, 4) is 0 Å². The second-order valence-electron chi connectivity index (χ2n) is 2.32. The Labute approximate surface area is 37.5 Å². The molecule has 0 aliphatic heterocycles. The van der Waals surface area contributed by atoms with Crippen molar-refractivity contribution in [1.82, 2.24) is 0 Å². The van der Waals surface area contributed by atoms with Crippen LogP contribution in [-0.4, -0.2) is 11.6 Å². The molecule has 0 spiro atoms. The molecule has 2 nitrogen and oxygen atoms in total. The van der Waals surface area contributed by atoms with Crippen molar-refractivity contribution in [3.05, 3.63) is 0 Å². The lowest BCUT2D eigenvalue weighted by Gasteiger charge is -1.93. The first-order chi connectivity index (χ1) is 2.63. The Balaban J connectivity index is 2.41. The third-order valence-corrected chi connectivity index (χ3v) is 1.35. The lowest BCUT2D eigenvalue weighted by Crippen LogP contribution is -2.26. The number of rotatable bonds is 0. The van der Waals surface area contributed by atoms with E-state index in [2.05, 4.69) is 0 Å². The number of hydrogen-bond donors (Lipinski definition) is 2. The van der Waals surface area contributed by atoms with Crippen LogP contribution in [0.1, 0.15) is 13.3 Å². The molecule has 6 heavy (non-hydrogen) atoms. The molecule has 1 saturated carbocycles. The molecule has 0 heterocycles. The fraction of sp³-hybridized carbons (Fsp3) is 1.00. The molecule has 0 aromatic carbocycles. The molecular weight excluding hydrogens is 76.1 g/mol. The molecule has 2 heteroatoms. The zero-order chi connectivity index (χ0) is 4.78. The average Bonchev–Trinajstić information content (AvgIpc) is 1.73. The summed E-state index contributed by atoms with van der Waals surface area (Å²) in [4.78, 5) is 0. The fourth-order valence-electron chi connectivity index (χ4n) is 0.415. The van der Waals surface area contributed by atoms with Gasteiger partial charge in [-0.3, -0.25) is 0 Å². The lowest BCUT2D eigenvalue weighted by molar-refractivity contribution is 0.721. The Hall–Kier alpha value is -0.0800. The van der Waals surface area contributed by atoms with Gasteiger partial charge in [0.2, 0.25) is 0 Å². The Kier molecular flexibility index (Phi) is 0.524. The molecule has 2 atom stereocenters. The minimum Gasteiger partial charge on any atom is -0.326 e. The molecular formula is C4H10N2. The van der Waals surface area contributed by atoms with Gasteiger partial charge in [0.05, 0.1) is 0 Å². The van der Waals surface area contributed by atoms with Crippen LogP contribution in [0.25, 0.3) is 0 Å². The van der Waals surface area contributed by atoms with E-state index in [-0.39, 0.29) is 11.6 Å². The SMILES string of the molecule is C[C@@]1(N)C[C@H]1N. The molecule has 0 aromatic rings. The zero-order valence-electron chi connectivity index (χ0n) is 3.94. The number of nitrogens with two attached hydrogens (primary N) is 2. The Morgan fingerprint density at radius 1 is 1.83 bits per heavy atom. The summed E-state index contributed by atoms with van der Waals surface area (Å²) in [6.45, 7) is 1.97. The van der Waals surface area contributed by atoms with E-state index in [0.29, 0.717) is 0 Å². The maximum absolute atomic E-state index is 5.48. The van der Waals surface area contributed by atoms with Gasteiger partial charge in [0.25, 0.3) is 0 Å². The Bertz CT molecular complexity index is 67.9. The van der Waals surface area contributed by atoms with Gasteiger partial charge in [-0.1, -0.05) is 0 Å². The van der Waals surface area contributed by atoms with Crippen molar-refractivity contribution in [3.63, 3.8) is 0 Å². The summed E-state index contributed by atoms with van der Waals surface area (Å²) in [7, 11) is 0. The topological polar surface area (TPSA) is 52.0 Å². The molecule has 1 rings (SSSR count). The van der Waals surface area contributed by atoms with Crippen LogP contribution >= 0.6 is 0 Å². The first kappa shape index (κ1) is 4.09. The van der Waals surface area contributed by atoms with Crippen LogP contribution in [0.4, 0.5) is 0 Å². The van der Waals surface area contributed by atoms with Gasteiger partial charge in [0.15, 0.2) is 0 Å². The summed E-state index contributed by atoms with van der Waals surface area (Å²) >= 11 is 0. The highest BCUT2D eigenvalue weighted by Crippen LogP contribution is 2.29. The fourth-order valence-corrected chi connectivity index (χ4v) is 0.415. The Morgan fingerprint density at radius 2 is 2.00 bits per heavy atom. The van der Waals surface area contributed by atoms with Crippen molar-refractivity contribution in [1.29, 1.82) is 0 Å². The maximum Gasteiger partial charge on any atom is 0.0295 e. The van der Waals surface area contributed by atoms with Gasteiger partial charge in [-0.15, -0.1) is 0 Å². The predicted molar refractivity (Wildman–Crippen MR) is 25.2 cm³/mol. The summed E-state index contributed by atoms with van der Waals surface area (Å²) in [5.74, 6) is 0. The van der Waals surface area contributed by atoms with Gasteiger partial charge < -0.3 is 11.5 Å². The van der Waals surface area contributed by atoms with E-state index in [0.717, 1.165) is 6.42 Å². The van der Waals surface area contributed by atoms with E-state index < -0.39 is 0 Å². The molecule has 0 saturated heterocycles. The summed E-state index contributed by atoms with van der Waals surface area (Å²) < 4.78 is 0. The highest BCUT2D eigenvalue weighted by molar-refractivity contribution is 5.07. The molecule has 1 aliphatic rings. The Morgan fingerprint density at radius 3 is 2.00 bits per heavy atom. The third kappa shape index (κ3) is 0.420. The van der Waals surface area contributed by atoms with E-state index >= 15 is 0 Å². The second-order valence-corrected chi connectivity index (χ2v) is 2.32. The van der Waals surface area contributed by atoms with Crippen molar-refractivity contribution < 1.29 is 0 Å². The highest BCUT2D eigenvalue weighted by atomic mass is 14.9. The molecule has 0 bridgehead atoms. The van der Waals surface area contributed by atoms with E-state index in [1.807, 2.05) is 6.92 Å². The molecule has 0 aromatic heterocycles. The monoisotopic (exact) mass is 86.1 g/mol. The lowest BCUT2D eigenvalue weighted by atomic mass is 10.3. The van der Waals surface area contributed by atoms with E-state index in [1.165, 1.54) is 0 Å². The van der Waals surface area contributed by atoms with Crippen molar-refractivity contribution in [2.24, 2.45) is 11.5 Å². The van der Waals surface area contributed by atoms with Crippen molar-refractivity contribution in [2.45, 2.75) is 24.9 Å². The predicted octanol–water partition coefficient (Wildman–Crippen LogP) is -0.565. The van der Waals surface area contributed by atoms with Crippen LogP contribution in [-0.2, 0) is 0 Å². The first-order valence-corrected chi connectivity index (χ1v) is 2.17. The quantitative estimate of drug-likeness (QED) is 0.415. The smallest absolute Gasteiger partial charge is 0.0295 e. The normalized spacial score (nSPS) is 55.5. The molecule has 1 aliphatic carbocycles. The van der Waals surface area contributed by atoms with Crippen LogP contribution in [0.15, 0.2) is 0 Å². The summed E-state index contributed by atoms with van der Waals surface area (Å²) in [5, 5.41) is 0. The van der Waals surface area contributed by atoms with Gasteiger partial charge in [-0.2, -0.15) is 0 Å². The van der Waals surface area contributed by atoms with Crippen LogP contribution in [0, 0.1) is 0 Å². The molecule has 1 fully saturated rings. The van der Waals surface area contributed by atoms with Crippen LogP contribution in [0.2, 0.25) is 0 Å². The van der Waals surface area contributed by atoms with Gasteiger partial charge in [-0.05, 0) is 13.3 Å². The van der Waals surface area contributed by atoms with Crippen LogP contribution < -0.4 is 11.5 Å². The summed E-state index contributed by atoms with van der Waals surface area (Å²) in [5.41, 5.74) is 10.8. The minimum absolute atomic E-state index is 0.0139. The minimum atomic E-state index is -0.0139. The van der Waals surface area contributed by atoms with Crippen molar-refractivity contribution in [2.75, 3.05) is 0 Å². The largest absolute Gasteiger partial charge is 0.326 e. The van der Waals surface area contributed by atoms with Crippen LogP contribution in [0.3, 0.4) is 0 Å². The van der Waals surface area contributed by atoms with Crippen LogP contribution in [0.5, 0.6) is 0 Å². The molecule has 36 valence electrons. The maximum atomic E-state index is 5.48. The molecule has 0 amide bonds. The molecule has 0 unspecified atom stereocenters. The van der Waals surface area contributed by atoms with E-state index in [9.17, 15) is 0 Å². The standard InChI is InChI=1S/C4H10N2/c1-4(6)2-3(4)5/h3H,2,5-6H2,1H3/t3-,4-/m1/s1. The molecule has 4 N–H and O–H groups in total. The molecule has 0 radical (unpaired) electrons. The highest BCUT2D eigenvalue weighted by Gasteiger charge is 2.43. The van der Waals surface area contributed by atoms with E-state index in [1.54, 1.807) is 0 Å².